The van der Waals surface area contributed by atoms with Gasteiger partial charge >= 0.3 is 17.1 Å². The van der Waals surface area contributed by atoms with E-state index >= 15 is 0 Å². The topological polar surface area (TPSA) is 0 Å². The van der Waals surface area contributed by atoms with Crippen molar-refractivity contribution >= 4 is 42.3 Å². The molecule has 0 saturated carbocycles. The first-order chi connectivity index (χ1) is 6.93. The Balaban J connectivity index is -0.000000208. The molecule has 0 aliphatic heterocycles. The van der Waals surface area contributed by atoms with Gasteiger partial charge in [0.1, 0.15) is 0 Å². The largest absolute Gasteiger partial charge is 0.781 e. The van der Waals surface area contributed by atoms with Gasteiger partial charge in [0.15, 0.2) is 0 Å². The van der Waals surface area contributed by atoms with Crippen LogP contribution in [-0.2, 0) is 67.4 Å². The van der Waals surface area contributed by atoms with Crippen LogP contribution in [0.5, 0.6) is 0 Å². The molecule has 0 aliphatic rings. The predicted molar refractivity (Wildman–Crippen MR) is 63.6 cm³/mol. The summed E-state index contributed by atoms with van der Waals surface area (Å²) in [6.45, 7) is 0. The normalized spacial score (nSPS) is 8.82. The van der Waals surface area contributed by atoms with E-state index in [0.29, 0.717) is 0 Å². The van der Waals surface area contributed by atoms with Crippen molar-refractivity contribution in [3.05, 3.63) is 24.3 Å². The fraction of sp³-hybridized carbons (Fsp3) is 0.143. The van der Waals surface area contributed by atoms with Crippen molar-refractivity contribution in [3.63, 3.8) is 0 Å². The summed E-state index contributed by atoms with van der Waals surface area (Å²) < 4.78 is 43.7. The summed E-state index contributed by atoms with van der Waals surface area (Å²) in [7, 11) is -7.28. The molecule has 106 valence electrons. The zero-order valence-corrected chi connectivity index (χ0v) is 16.2. The Kier molecular flexibility index (Phi) is 19.6. The fourth-order valence-electron chi connectivity index (χ4n) is 0.551. The second-order valence-electron chi connectivity index (χ2n) is 2.30. The van der Waals surface area contributed by atoms with Crippen molar-refractivity contribution in [2.24, 2.45) is 0 Å². The zero-order chi connectivity index (χ0) is 11.8. The molecule has 0 nitrogen and oxygen atoms in total. The number of rotatable bonds is 2. The molecule has 0 bridgehead atoms. The van der Waals surface area contributed by atoms with Gasteiger partial charge in [-0.25, -0.2) is 0 Å². The molecule has 0 saturated heterocycles. The van der Waals surface area contributed by atoms with Crippen LogP contribution in [0.1, 0.15) is 0 Å². The molecule has 0 aliphatic carbocycles. The monoisotopic (exact) mass is 684 g/mol. The summed E-state index contributed by atoms with van der Waals surface area (Å²) in [5, 5.41) is 0. The van der Waals surface area contributed by atoms with Gasteiger partial charge in [0.05, 0.1) is 0 Å². The molecule has 0 N–H and O–H groups in total. The van der Waals surface area contributed by atoms with E-state index in [1.165, 1.54) is 0 Å². The minimum atomic E-state index is -3.64. The zero-order valence-electron chi connectivity index (χ0n) is 7.98. The van der Waals surface area contributed by atoms with Gasteiger partial charge in [-0.05, 0) is 16.8 Å². The first-order valence-electron chi connectivity index (χ1n) is 3.70. The molecule has 10 heteroatoms. The van der Waals surface area contributed by atoms with Crippen molar-refractivity contribution < 1.29 is 58.9 Å². The van der Waals surface area contributed by atoms with Gasteiger partial charge in [-0.1, -0.05) is 24.3 Å². The van der Waals surface area contributed by atoms with Crippen LogP contribution in [0.3, 0.4) is 0 Å². The summed E-state index contributed by atoms with van der Waals surface area (Å²) in [4.78, 5) is 1.53. The Morgan fingerprint density at radius 1 is 0.824 bits per heavy atom. The third kappa shape index (κ3) is 15.6. The van der Waals surface area contributed by atoms with Gasteiger partial charge in [0, 0.05) is 42.1 Å². The Morgan fingerprint density at radius 3 is 1.24 bits per heavy atom. The van der Waals surface area contributed by atoms with Crippen LogP contribution >= 0.6 is 17.1 Å². The summed E-state index contributed by atoms with van der Waals surface area (Å²) >= 11 is 9.70. The molecule has 1 aromatic rings. The molecule has 1 rings (SSSR count). The maximum atomic E-state index is 10.9. The van der Waals surface area contributed by atoms with Gasteiger partial charge in [-0.2, -0.15) is 9.79 Å². The van der Waals surface area contributed by atoms with Gasteiger partial charge in [0.2, 0.25) is 0 Å². The molecule has 0 unspecified atom stereocenters. The fourth-order valence-corrected chi connectivity index (χ4v) is 1.65. The average Bonchev–Trinajstić information content (AvgIpc) is 2.08. The van der Waals surface area contributed by atoms with E-state index in [4.69, 9.17) is 25.3 Å². The maximum absolute atomic E-state index is 10.9. The average molecular weight is 684 g/mol. The second-order valence-corrected chi connectivity index (χ2v) is 5.95. The molecule has 0 fully saturated rings. The van der Waals surface area contributed by atoms with Crippen molar-refractivity contribution in [2.75, 3.05) is 5.90 Å². The molecule has 0 aromatic heterocycles. The molecule has 1 aromatic carbocycles. The molecule has 0 radical (unpaired) electrons. The Bertz CT molecular complexity index is 267. The number of hydrogen-bond donors (Lipinski definition) is 0. The summed E-state index contributed by atoms with van der Waals surface area (Å²) in [5.74, 6) is -1.10. The molecular weight excluding hydrogens is 676 g/mol. The molecule has 0 spiro atoms. The Morgan fingerprint density at radius 2 is 1.12 bits per heavy atom. The van der Waals surface area contributed by atoms with E-state index in [0.717, 1.165) is 9.79 Å². The van der Waals surface area contributed by atoms with E-state index in [9.17, 15) is 16.8 Å². The molecule has 17 heavy (non-hydrogen) atoms. The van der Waals surface area contributed by atoms with Crippen molar-refractivity contribution in [2.45, 2.75) is 9.79 Å². The van der Waals surface area contributed by atoms with E-state index in [2.05, 4.69) is 0 Å². The third-order valence-electron chi connectivity index (χ3n) is 1.12. The van der Waals surface area contributed by atoms with Crippen LogP contribution in [0.15, 0.2) is 34.1 Å². The minimum absolute atomic E-state index is 0. The first-order valence-corrected chi connectivity index (χ1v) is 7.44. The van der Waals surface area contributed by atoms with Crippen molar-refractivity contribution in [3.8, 4) is 0 Å². The second kappa shape index (κ2) is 14.0. The quantitative estimate of drug-likeness (QED) is 0.258. The smallest absolute Gasteiger partial charge is 0.418 e. The van der Waals surface area contributed by atoms with Crippen LogP contribution in [0, 0.1) is 0 Å². The van der Waals surface area contributed by atoms with Gasteiger partial charge in [-0.3, -0.25) is 0 Å². The summed E-state index contributed by atoms with van der Waals surface area (Å²) in [6, 6.07) is 7.44. The molecular formula is C7H8F4P2Pt2S2. The third-order valence-corrected chi connectivity index (χ3v) is 4.10. The van der Waals surface area contributed by atoms with Crippen LogP contribution in [0.25, 0.3) is 0 Å². The Labute approximate surface area is 140 Å². The summed E-state index contributed by atoms with van der Waals surface area (Å²) in [5.41, 5.74) is 0. The minimum Gasteiger partial charge on any atom is -0.781 e. The number of hydrogen-bond acceptors (Lipinski definition) is 2. The predicted octanol–water partition coefficient (Wildman–Crippen LogP) is 4.40. The number of halogens is 4. The SMILES string of the molecule is F[PH+](F)C[PH+](F)F.[Pt].[Pt].[S-]c1ccccc1[S-]. The van der Waals surface area contributed by atoms with Gasteiger partial charge in [0.25, 0.3) is 5.90 Å². The maximum Gasteiger partial charge on any atom is 0.418 e. The van der Waals surface area contributed by atoms with Crippen LogP contribution in [0.2, 0.25) is 0 Å². The standard InChI is InChI=1S/C6H6S2.CH2F4P2.2Pt/c7-5-3-1-2-4-6(5)8;2-6(3)1-7(4)5;;/h1-4,7-8H;1H2;;. The number of benzene rings is 1. The Hall–Kier alpha value is 1.62. The van der Waals surface area contributed by atoms with E-state index in [-0.39, 0.29) is 42.1 Å². The van der Waals surface area contributed by atoms with Crippen LogP contribution in [0.4, 0.5) is 16.8 Å². The van der Waals surface area contributed by atoms with Crippen LogP contribution in [-0.4, -0.2) is 5.90 Å². The van der Waals surface area contributed by atoms with Gasteiger partial charge in [-0.15, -0.1) is 0 Å². The van der Waals surface area contributed by atoms with E-state index < -0.39 is 23.0 Å². The van der Waals surface area contributed by atoms with Crippen molar-refractivity contribution in [1.82, 2.24) is 0 Å². The van der Waals surface area contributed by atoms with Crippen molar-refractivity contribution in [1.29, 1.82) is 0 Å². The first kappa shape index (κ1) is 23.7. The molecule has 0 amide bonds. The van der Waals surface area contributed by atoms with E-state index in [1.807, 2.05) is 24.3 Å². The van der Waals surface area contributed by atoms with Crippen LogP contribution < -0.4 is 0 Å². The molecule has 0 atom stereocenters. The van der Waals surface area contributed by atoms with Gasteiger partial charge < -0.3 is 25.3 Å². The summed E-state index contributed by atoms with van der Waals surface area (Å²) in [6.07, 6.45) is 0. The molecule has 0 heterocycles. The van der Waals surface area contributed by atoms with E-state index in [1.54, 1.807) is 0 Å².